The molecule has 3 nitrogen and oxygen atoms in total. The van der Waals surface area contributed by atoms with Gasteiger partial charge in [-0.25, -0.2) is 0 Å². The fourth-order valence-electron chi connectivity index (χ4n) is 1.74. The van der Waals surface area contributed by atoms with Crippen molar-refractivity contribution in [2.75, 3.05) is 0 Å². The third-order valence-electron chi connectivity index (χ3n) is 2.52. The maximum absolute atomic E-state index is 5.29. The van der Waals surface area contributed by atoms with Gasteiger partial charge in [0.05, 0.1) is 6.20 Å². The van der Waals surface area contributed by atoms with Crippen LogP contribution in [0, 0.1) is 0 Å². The average Bonchev–Trinajstić information content (AvgIpc) is 3.01. The molecule has 3 rings (SSSR count). The largest absolute Gasteiger partial charge is 0.367 e. The topological polar surface area (TPSA) is 41.8 Å². The number of aromatic amines is 1. The molecule has 0 aliphatic heterocycles. The molecule has 3 aromatic rings. The molecule has 2 heterocycles. The third-order valence-corrected chi connectivity index (χ3v) is 2.52. The van der Waals surface area contributed by atoms with Crippen LogP contribution >= 0.6 is 0 Å². The number of hydrogen-bond donors (Lipinski definition) is 1. The van der Waals surface area contributed by atoms with E-state index in [1.54, 1.807) is 6.20 Å². The van der Waals surface area contributed by atoms with Crippen LogP contribution in [0.25, 0.3) is 22.5 Å². The first-order valence-corrected chi connectivity index (χ1v) is 5.08. The van der Waals surface area contributed by atoms with E-state index in [9.17, 15) is 0 Å². The number of nitrogens with one attached hydrogen (secondary N) is 1. The maximum atomic E-state index is 5.29. The highest BCUT2D eigenvalue weighted by Crippen LogP contribution is 2.31. The number of rotatable bonds is 2. The summed E-state index contributed by atoms with van der Waals surface area (Å²) in [5.74, 6) is 0.799. The number of H-pyrrole nitrogens is 1. The van der Waals surface area contributed by atoms with Crippen LogP contribution < -0.4 is 0 Å². The molecule has 0 aliphatic carbocycles. The van der Waals surface area contributed by atoms with Gasteiger partial charge < -0.3 is 9.51 Å². The molecule has 0 unspecified atom stereocenters. The molecule has 2 aromatic heterocycles. The molecule has 1 N–H and O–H groups in total. The predicted molar refractivity (Wildman–Crippen MR) is 61.7 cm³/mol. The first kappa shape index (κ1) is 8.97. The molecule has 0 atom stereocenters. The average molecular weight is 210 g/mol. The van der Waals surface area contributed by atoms with Gasteiger partial charge in [-0.15, -0.1) is 0 Å². The molecule has 0 bridgehead atoms. The fraction of sp³-hybridized carbons (Fsp3) is 0. The smallest absolute Gasteiger partial charge is 0.176 e. The number of aromatic nitrogens is 2. The Balaban J connectivity index is 2.14. The molecule has 0 fully saturated rings. The Bertz CT molecular complexity index is 567. The summed E-state index contributed by atoms with van der Waals surface area (Å²) in [5.41, 5.74) is 3.14. The van der Waals surface area contributed by atoms with E-state index in [1.807, 2.05) is 48.8 Å². The highest BCUT2D eigenvalue weighted by atomic mass is 16.5. The molecule has 0 aliphatic rings. The van der Waals surface area contributed by atoms with E-state index >= 15 is 0 Å². The quantitative estimate of drug-likeness (QED) is 0.704. The van der Waals surface area contributed by atoms with Gasteiger partial charge in [0.25, 0.3) is 0 Å². The van der Waals surface area contributed by atoms with E-state index in [2.05, 4.69) is 10.1 Å². The Hall–Kier alpha value is -2.29. The van der Waals surface area contributed by atoms with Crippen LogP contribution in [0.5, 0.6) is 0 Å². The Labute approximate surface area is 92.7 Å². The molecule has 0 spiro atoms. The lowest BCUT2D eigenvalue weighted by atomic mass is 10.0. The maximum Gasteiger partial charge on any atom is 0.176 e. The Morgan fingerprint density at radius 3 is 2.62 bits per heavy atom. The minimum Gasteiger partial charge on any atom is -0.367 e. The van der Waals surface area contributed by atoms with Crippen molar-refractivity contribution < 1.29 is 4.52 Å². The van der Waals surface area contributed by atoms with Gasteiger partial charge >= 0.3 is 0 Å². The summed E-state index contributed by atoms with van der Waals surface area (Å²) in [4.78, 5) is 3.01. The Kier molecular flexibility index (Phi) is 2.07. The van der Waals surface area contributed by atoms with Crippen molar-refractivity contribution in [1.29, 1.82) is 0 Å². The van der Waals surface area contributed by atoms with E-state index < -0.39 is 0 Å². The molecule has 0 saturated heterocycles. The van der Waals surface area contributed by atoms with Crippen LogP contribution in [-0.4, -0.2) is 10.1 Å². The lowest BCUT2D eigenvalue weighted by Crippen LogP contribution is -1.77. The van der Waals surface area contributed by atoms with Gasteiger partial charge in [-0.05, 0) is 11.6 Å². The molecule has 3 heteroatoms. The molecule has 0 saturated carbocycles. The first-order valence-electron chi connectivity index (χ1n) is 5.08. The van der Waals surface area contributed by atoms with E-state index in [4.69, 9.17) is 4.52 Å². The summed E-state index contributed by atoms with van der Waals surface area (Å²) in [5, 5.41) is 3.87. The second-order valence-corrected chi connectivity index (χ2v) is 3.53. The molecule has 0 amide bonds. The predicted octanol–water partition coefficient (Wildman–Crippen LogP) is 3.34. The van der Waals surface area contributed by atoms with Crippen molar-refractivity contribution in [3.63, 3.8) is 0 Å². The van der Waals surface area contributed by atoms with E-state index in [0.717, 1.165) is 22.5 Å². The van der Waals surface area contributed by atoms with Crippen LogP contribution in [0.15, 0.2) is 59.5 Å². The van der Waals surface area contributed by atoms with Gasteiger partial charge in [0.15, 0.2) is 5.76 Å². The summed E-state index contributed by atoms with van der Waals surface area (Å²) >= 11 is 0. The lowest BCUT2D eigenvalue weighted by Gasteiger charge is -1.98. The lowest BCUT2D eigenvalue weighted by molar-refractivity contribution is 0.432. The number of benzene rings is 1. The highest BCUT2D eigenvalue weighted by molar-refractivity contribution is 5.78. The standard InChI is InChI=1S/C13H10N2O/c1-2-4-10(5-3-1)12-9-15-16-13(12)11-6-7-14-8-11/h1-9,14H. The van der Waals surface area contributed by atoms with Gasteiger partial charge in [0, 0.05) is 23.5 Å². The Morgan fingerprint density at radius 2 is 1.88 bits per heavy atom. The van der Waals surface area contributed by atoms with Crippen LogP contribution in [0.2, 0.25) is 0 Å². The molecule has 16 heavy (non-hydrogen) atoms. The third kappa shape index (κ3) is 1.42. The second kappa shape index (κ2) is 3.70. The van der Waals surface area contributed by atoms with Crippen LogP contribution in [0.3, 0.4) is 0 Å². The number of nitrogens with zero attached hydrogens (tertiary/aromatic N) is 1. The van der Waals surface area contributed by atoms with Gasteiger partial charge in [0.1, 0.15) is 0 Å². The Morgan fingerprint density at radius 1 is 1.00 bits per heavy atom. The molecular weight excluding hydrogens is 200 g/mol. The van der Waals surface area contributed by atoms with Crippen molar-refractivity contribution in [2.45, 2.75) is 0 Å². The highest BCUT2D eigenvalue weighted by Gasteiger charge is 2.12. The van der Waals surface area contributed by atoms with Crippen molar-refractivity contribution in [1.82, 2.24) is 10.1 Å². The zero-order chi connectivity index (χ0) is 10.8. The van der Waals surface area contributed by atoms with E-state index in [0.29, 0.717) is 0 Å². The summed E-state index contributed by atoms with van der Waals surface area (Å²) in [6.45, 7) is 0. The molecule has 78 valence electrons. The first-order chi connectivity index (χ1) is 7.95. The minimum atomic E-state index is 0.799. The second-order valence-electron chi connectivity index (χ2n) is 3.53. The summed E-state index contributed by atoms with van der Waals surface area (Å²) in [6.07, 6.45) is 5.51. The molecular formula is C13H10N2O. The zero-order valence-corrected chi connectivity index (χ0v) is 8.55. The molecule has 0 radical (unpaired) electrons. The monoisotopic (exact) mass is 210 g/mol. The van der Waals surface area contributed by atoms with Crippen molar-refractivity contribution in [2.24, 2.45) is 0 Å². The summed E-state index contributed by atoms with van der Waals surface area (Å²) in [7, 11) is 0. The van der Waals surface area contributed by atoms with Gasteiger partial charge in [0.2, 0.25) is 0 Å². The summed E-state index contributed by atoms with van der Waals surface area (Å²) < 4.78 is 5.29. The van der Waals surface area contributed by atoms with Crippen molar-refractivity contribution in [3.05, 3.63) is 55.0 Å². The van der Waals surface area contributed by atoms with Crippen molar-refractivity contribution in [3.8, 4) is 22.5 Å². The van der Waals surface area contributed by atoms with Gasteiger partial charge in [-0.3, -0.25) is 0 Å². The minimum absolute atomic E-state index is 0.799. The molecule has 1 aromatic carbocycles. The number of hydrogen-bond acceptors (Lipinski definition) is 2. The van der Waals surface area contributed by atoms with E-state index in [-0.39, 0.29) is 0 Å². The van der Waals surface area contributed by atoms with Crippen LogP contribution in [0.1, 0.15) is 0 Å². The van der Waals surface area contributed by atoms with Crippen molar-refractivity contribution >= 4 is 0 Å². The van der Waals surface area contributed by atoms with Gasteiger partial charge in [-0.1, -0.05) is 35.5 Å². The SMILES string of the molecule is c1ccc(-c2cnoc2-c2cc[nH]c2)cc1. The summed E-state index contributed by atoms with van der Waals surface area (Å²) in [6, 6.07) is 12.1. The van der Waals surface area contributed by atoms with E-state index in [1.165, 1.54) is 0 Å². The normalized spacial score (nSPS) is 10.5. The van der Waals surface area contributed by atoms with Gasteiger partial charge in [-0.2, -0.15) is 0 Å². The van der Waals surface area contributed by atoms with Crippen LogP contribution in [0.4, 0.5) is 0 Å². The zero-order valence-electron chi connectivity index (χ0n) is 8.55. The fourth-order valence-corrected chi connectivity index (χ4v) is 1.74. The van der Waals surface area contributed by atoms with Crippen LogP contribution in [-0.2, 0) is 0 Å².